The first-order valence-corrected chi connectivity index (χ1v) is 8.15. The van der Waals surface area contributed by atoms with Gasteiger partial charge in [0.2, 0.25) is 0 Å². The monoisotopic (exact) mass is 361 g/mol. The summed E-state index contributed by atoms with van der Waals surface area (Å²) in [6, 6.07) is 11.4. The second-order valence-electron chi connectivity index (χ2n) is 6.41. The number of benzene rings is 2. The minimum atomic E-state index is -4.66. The van der Waals surface area contributed by atoms with Crippen LogP contribution in [0.15, 0.2) is 53.3 Å². The van der Waals surface area contributed by atoms with E-state index < -0.39 is 28.7 Å². The highest BCUT2D eigenvalue weighted by Gasteiger charge is 2.34. The van der Waals surface area contributed by atoms with E-state index in [9.17, 15) is 18.0 Å². The lowest BCUT2D eigenvalue weighted by Gasteiger charge is -2.21. The number of rotatable bonds is 3. The molecule has 2 N–H and O–H groups in total. The van der Waals surface area contributed by atoms with Gasteiger partial charge in [-0.05, 0) is 30.2 Å². The van der Waals surface area contributed by atoms with Crippen LogP contribution in [0.4, 0.5) is 13.2 Å². The van der Waals surface area contributed by atoms with Gasteiger partial charge >= 0.3 is 6.18 Å². The third-order valence-corrected chi connectivity index (χ3v) is 4.26. The molecule has 3 aromatic rings. The molecule has 0 amide bonds. The predicted octanol–water partition coefficient (Wildman–Crippen LogP) is 4.06. The van der Waals surface area contributed by atoms with Gasteiger partial charge in [-0.3, -0.25) is 9.36 Å². The van der Waals surface area contributed by atoms with E-state index in [0.29, 0.717) is 5.69 Å². The zero-order valence-electron chi connectivity index (χ0n) is 14.3. The van der Waals surface area contributed by atoms with Gasteiger partial charge in [0.1, 0.15) is 5.82 Å². The van der Waals surface area contributed by atoms with E-state index >= 15 is 0 Å². The summed E-state index contributed by atoms with van der Waals surface area (Å²) in [5.41, 5.74) is 4.85. The summed E-state index contributed by atoms with van der Waals surface area (Å²) >= 11 is 0. The molecular weight excluding hydrogens is 343 g/mol. The molecule has 26 heavy (non-hydrogen) atoms. The molecule has 4 nitrogen and oxygen atoms in total. The number of aromatic nitrogens is 2. The number of hydrogen-bond donors (Lipinski definition) is 1. The molecule has 0 unspecified atom stereocenters. The van der Waals surface area contributed by atoms with Crippen molar-refractivity contribution in [2.45, 2.75) is 26.1 Å². The van der Waals surface area contributed by atoms with Gasteiger partial charge in [0.15, 0.2) is 0 Å². The average molecular weight is 361 g/mol. The van der Waals surface area contributed by atoms with Crippen LogP contribution in [0.3, 0.4) is 0 Å². The van der Waals surface area contributed by atoms with Crippen LogP contribution in [-0.4, -0.2) is 9.55 Å². The topological polar surface area (TPSA) is 60.9 Å². The van der Waals surface area contributed by atoms with Gasteiger partial charge in [-0.2, -0.15) is 13.2 Å². The molecule has 3 rings (SSSR count). The van der Waals surface area contributed by atoms with Crippen LogP contribution in [0.5, 0.6) is 0 Å². The Hall–Kier alpha value is -2.67. The Bertz CT molecular complexity index is 995. The van der Waals surface area contributed by atoms with Gasteiger partial charge in [-0.1, -0.05) is 38.1 Å². The Morgan fingerprint density at radius 3 is 2.27 bits per heavy atom. The highest BCUT2D eigenvalue weighted by molar-refractivity contribution is 5.82. The zero-order chi connectivity index (χ0) is 19.1. The lowest BCUT2D eigenvalue weighted by atomic mass is 10.0. The van der Waals surface area contributed by atoms with E-state index in [2.05, 4.69) is 4.98 Å². The molecule has 0 aliphatic rings. The van der Waals surface area contributed by atoms with Crippen LogP contribution < -0.4 is 11.3 Å². The molecule has 0 radical (unpaired) electrons. The lowest BCUT2D eigenvalue weighted by Crippen LogP contribution is -2.31. The van der Waals surface area contributed by atoms with Crippen molar-refractivity contribution < 1.29 is 13.2 Å². The lowest BCUT2D eigenvalue weighted by molar-refractivity contribution is -0.136. The van der Waals surface area contributed by atoms with E-state index in [4.69, 9.17) is 5.73 Å². The molecule has 7 heteroatoms. The fraction of sp³-hybridized carbons (Fsp3) is 0.263. The number of nitrogens with two attached hydrogens (primary N) is 1. The minimum Gasteiger partial charge on any atom is -0.321 e. The first kappa shape index (κ1) is 18.1. The molecular formula is C19H18F3N3O. The van der Waals surface area contributed by atoms with Gasteiger partial charge in [-0.25, -0.2) is 4.98 Å². The highest BCUT2D eigenvalue weighted by atomic mass is 19.4. The largest absolute Gasteiger partial charge is 0.417 e. The molecule has 1 atom stereocenters. The van der Waals surface area contributed by atoms with Crippen molar-refractivity contribution in [3.8, 4) is 5.69 Å². The average Bonchev–Trinajstić information content (AvgIpc) is 2.60. The summed E-state index contributed by atoms with van der Waals surface area (Å²) in [6.07, 6.45) is -4.66. The van der Waals surface area contributed by atoms with Crippen LogP contribution in [-0.2, 0) is 6.18 Å². The van der Waals surface area contributed by atoms with Crippen molar-refractivity contribution in [3.63, 3.8) is 0 Å². The maximum Gasteiger partial charge on any atom is 0.417 e. The van der Waals surface area contributed by atoms with Crippen molar-refractivity contribution in [2.75, 3.05) is 0 Å². The molecule has 1 heterocycles. The highest BCUT2D eigenvalue weighted by Crippen LogP contribution is 2.33. The quantitative estimate of drug-likeness (QED) is 0.765. The van der Waals surface area contributed by atoms with Crippen molar-refractivity contribution in [1.82, 2.24) is 9.55 Å². The van der Waals surface area contributed by atoms with Gasteiger partial charge in [-0.15, -0.1) is 0 Å². The van der Waals surface area contributed by atoms with Gasteiger partial charge in [0.25, 0.3) is 5.56 Å². The van der Waals surface area contributed by atoms with Gasteiger partial charge in [0.05, 0.1) is 28.2 Å². The summed E-state index contributed by atoms with van der Waals surface area (Å²) < 4.78 is 41.4. The Balaban J connectivity index is 2.47. The Labute approximate surface area is 148 Å². The van der Waals surface area contributed by atoms with Crippen LogP contribution in [0.25, 0.3) is 16.6 Å². The third-order valence-electron chi connectivity index (χ3n) is 4.26. The smallest absolute Gasteiger partial charge is 0.321 e. The van der Waals surface area contributed by atoms with Crippen LogP contribution in [0.1, 0.15) is 31.3 Å². The maximum atomic E-state index is 13.4. The Morgan fingerprint density at radius 2 is 1.69 bits per heavy atom. The number of alkyl halides is 3. The van der Waals surface area contributed by atoms with Crippen molar-refractivity contribution >= 4 is 10.9 Å². The number of para-hydroxylation sites is 1. The van der Waals surface area contributed by atoms with E-state index in [1.54, 1.807) is 30.3 Å². The molecule has 0 aliphatic carbocycles. The normalized spacial score (nSPS) is 13.3. The Kier molecular flexibility index (Phi) is 4.58. The van der Waals surface area contributed by atoms with Crippen LogP contribution in [0, 0.1) is 5.92 Å². The van der Waals surface area contributed by atoms with Crippen molar-refractivity contribution in [3.05, 3.63) is 70.3 Å². The second kappa shape index (κ2) is 6.57. The van der Waals surface area contributed by atoms with E-state index in [1.165, 1.54) is 16.7 Å². The standard InChI is InChI=1S/C19H18F3N3O/c1-11(2)16(23)17-24-14-10-6-9-13(19(20,21)22)15(14)18(26)25(17)12-7-4-3-5-8-12/h3-11,16H,23H2,1-2H3/t16-/m1/s1. The predicted molar refractivity (Wildman–Crippen MR) is 94.1 cm³/mol. The van der Waals surface area contributed by atoms with Crippen molar-refractivity contribution in [1.29, 1.82) is 0 Å². The molecule has 2 aromatic carbocycles. The molecule has 136 valence electrons. The molecule has 0 saturated heterocycles. The maximum absolute atomic E-state index is 13.4. The third kappa shape index (κ3) is 3.10. The number of nitrogens with zero attached hydrogens (tertiary/aromatic N) is 2. The second-order valence-corrected chi connectivity index (χ2v) is 6.41. The van der Waals surface area contributed by atoms with E-state index in [0.717, 1.165) is 6.07 Å². The summed E-state index contributed by atoms with van der Waals surface area (Å²) in [5, 5.41) is -0.455. The Morgan fingerprint density at radius 1 is 1.04 bits per heavy atom. The van der Waals surface area contributed by atoms with Crippen LogP contribution >= 0.6 is 0 Å². The van der Waals surface area contributed by atoms with E-state index in [-0.39, 0.29) is 17.3 Å². The minimum absolute atomic E-state index is 0.0110. The first-order chi connectivity index (χ1) is 12.2. The summed E-state index contributed by atoms with van der Waals surface area (Å²) in [5.74, 6) is 0.183. The summed E-state index contributed by atoms with van der Waals surface area (Å²) in [7, 11) is 0. The van der Waals surface area contributed by atoms with E-state index in [1.807, 2.05) is 13.8 Å². The number of halogens is 3. The fourth-order valence-electron chi connectivity index (χ4n) is 2.83. The number of fused-ring (bicyclic) bond motifs is 1. The molecule has 0 fully saturated rings. The summed E-state index contributed by atoms with van der Waals surface area (Å²) in [6.45, 7) is 3.73. The molecule has 0 aliphatic heterocycles. The molecule has 0 saturated carbocycles. The van der Waals surface area contributed by atoms with Crippen molar-refractivity contribution in [2.24, 2.45) is 11.7 Å². The molecule has 0 spiro atoms. The first-order valence-electron chi connectivity index (χ1n) is 8.15. The molecule has 0 bridgehead atoms. The molecule has 1 aromatic heterocycles. The van der Waals surface area contributed by atoms with Crippen LogP contribution in [0.2, 0.25) is 0 Å². The SMILES string of the molecule is CC(C)[C@@H](N)c1nc2cccc(C(F)(F)F)c2c(=O)n1-c1ccccc1. The summed E-state index contributed by atoms with van der Waals surface area (Å²) in [4.78, 5) is 17.5. The number of hydrogen-bond acceptors (Lipinski definition) is 3. The van der Waals surface area contributed by atoms with Gasteiger partial charge in [0, 0.05) is 0 Å². The van der Waals surface area contributed by atoms with Gasteiger partial charge < -0.3 is 5.73 Å². The zero-order valence-corrected chi connectivity index (χ0v) is 14.3. The fourth-order valence-corrected chi connectivity index (χ4v) is 2.83.